The molecule has 146 valence electrons. The van der Waals surface area contributed by atoms with Gasteiger partial charge in [0, 0.05) is 16.7 Å². The molecule has 2 heterocycles. The first-order valence-electron chi connectivity index (χ1n) is 8.46. The van der Waals surface area contributed by atoms with E-state index in [0.29, 0.717) is 28.4 Å². The topological polar surface area (TPSA) is 91.8 Å². The smallest absolute Gasteiger partial charge is 0.341 e. The fourth-order valence-electron chi connectivity index (χ4n) is 2.54. The largest absolute Gasteiger partial charge is 0.465 e. The summed E-state index contributed by atoms with van der Waals surface area (Å²) in [5, 5.41) is 3.95. The number of nitrogens with zero attached hydrogens (tertiary/aromatic N) is 1. The molecule has 0 unspecified atom stereocenters. The Morgan fingerprint density at radius 2 is 1.89 bits per heavy atom. The quantitative estimate of drug-likeness (QED) is 0.427. The molecule has 0 saturated carbocycles. The van der Waals surface area contributed by atoms with Crippen LogP contribution in [0.2, 0.25) is 0 Å². The molecule has 3 aromatic rings. The summed E-state index contributed by atoms with van der Waals surface area (Å²) in [6.07, 6.45) is 0. The van der Waals surface area contributed by atoms with E-state index >= 15 is 0 Å². The van der Waals surface area contributed by atoms with Crippen LogP contribution in [0.4, 0.5) is 0 Å². The maximum atomic E-state index is 12.5. The number of carbonyl (C=O) groups excluding carboxylic acids is 2. The average molecular weight is 401 g/mol. The van der Waals surface area contributed by atoms with Gasteiger partial charge in [-0.05, 0) is 32.0 Å². The number of rotatable bonds is 7. The van der Waals surface area contributed by atoms with Gasteiger partial charge in [-0.2, -0.15) is 0 Å². The van der Waals surface area contributed by atoms with Gasteiger partial charge in [-0.25, -0.2) is 9.59 Å². The number of carbonyl (C=O) groups is 2. The number of furan rings is 1. The van der Waals surface area contributed by atoms with E-state index in [1.165, 1.54) is 24.9 Å². The van der Waals surface area contributed by atoms with Crippen LogP contribution in [-0.2, 0) is 21.8 Å². The van der Waals surface area contributed by atoms with E-state index in [1.807, 2.05) is 25.1 Å². The number of ether oxygens (including phenoxy) is 2. The van der Waals surface area contributed by atoms with Crippen molar-refractivity contribution in [1.29, 1.82) is 0 Å². The summed E-state index contributed by atoms with van der Waals surface area (Å²) >= 11 is 1.47. The van der Waals surface area contributed by atoms with Crippen molar-refractivity contribution in [1.82, 2.24) is 5.16 Å². The molecule has 0 radical (unpaired) electrons. The third-order valence-electron chi connectivity index (χ3n) is 3.88. The van der Waals surface area contributed by atoms with Crippen molar-refractivity contribution in [2.75, 3.05) is 7.11 Å². The third-order valence-corrected chi connectivity index (χ3v) is 4.99. The summed E-state index contributed by atoms with van der Waals surface area (Å²) in [4.78, 5) is 24.9. The van der Waals surface area contributed by atoms with E-state index in [0.717, 1.165) is 16.3 Å². The number of aryl methyl sites for hydroxylation is 2. The van der Waals surface area contributed by atoms with Crippen molar-refractivity contribution in [2.45, 2.75) is 31.1 Å². The van der Waals surface area contributed by atoms with Crippen LogP contribution in [0.3, 0.4) is 0 Å². The number of methoxy groups -OCH3 is 1. The summed E-state index contributed by atoms with van der Waals surface area (Å²) in [5.74, 6) is 1.12. The Balaban J connectivity index is 1.65. The molecule has 0 saturated heterocycles. The second kappa shape index (κ2) is 8.79. The molecule has 0 N–H and O–H groups in total. The number of thioether (sulfide) groups is 1. The molecule has 0 atom stereocenters. The van der Waals surface area contributed by atoms with Crippen LogP contribution in [0.15, 0.2) is 50.2 Å². The Morgan fingerprint density at radius 1 is 1.11 bits per heavy atom. The van der Waals surface area contributed by atoms with Gasteiger partial charge >= 0.3 is 11.9 Å². The van der Waals surface area contributed by atoms with Crippen LogP contribution in [0.5, 0.6) is 0 Å². The van der Waals surface area contributed by atoms with E-state index in [9.17, 15) is 9.59 Å². The molecule has 28 heavy (non-hydrogen) atoms. The van der Waals surface area contributed by atoms with E-state index in [2.05, 4.69) is 9.89 Å². The van der Waals surface area contributed by atoms with E-state index in [4.69, 9.17) is 13.7 Å². The van der Waals surface area contributed by atoms with Crippen molar-refractivity contribution in [3.05, 3.63) is 70.5 Å². The van der Waals surface area contributed by atoms with Crippen LogP contribution in [0, 0.1) is 13.8 Å². The first kappa shape index (κ1) is 19.8. The van der Waals surface area contributed by atoms with Crippen LogP contribution in [0.25, 0.3) is 0 Å². The number of aromatic nitrogens is 1. The summed E-state index contributed by atoms with van der Waals surface area (Å²) in [5.41, 5.74) is 1.56. The summed E-state index contributed by atoms with van der Waals surface area (Å²) in [6, 6.07) is 10.5. The molecule has 2 aromatic heterocycles. The van der Waals surface area contributed by atoms with Gasteiger partial charge in [0.2, 0.25) is 0 Å². The van der Waals surface area contributed by atoms with E-state index < -0.39 is 11.9 Å². The van der Waals surface area contributed by atoms with Gasteiger partial charge in [0.1, 0.15) is 29.5 Å². The highest BCUT2D eigenvalue weighted by atomic mass is 32.2. The zero-order valence-electron chi connectivity index (χ0n) is 15.7. The van der Waals surface area contributed by atoms with Gasteiger partial charge in [-0.1, -0.05) is 17.3 Å². The molecule has 0 bridgehead atoms. The van der Waals surface area contributed by atoms with Crippen molar-refractivity contribution in [2.24, 2.45) is 0 Å². The lowest BCUT2D eigenvalue weighted by Gasteiger charge is -2.08. The van der Waals surface area contributed by atoms with E-state index in [1.54, 1.807) is 19.1 Å². The SMILES string of the molecule is COC(=O)c1cc(COC(=O)c2ccccc2SCc2cc(C)on2)oc1C. The molecular weight excluding hydrogens is 382 g/mol. The Labute approximate surface area is 166 Å². The molecule has 7 nitrogen and oxygen atoms in total. The number of hydrogen-bond donors (Lipinski definition) is 0. The van der Waals surface area contributed by atoms with Gasteiger partial charge in [-0.3, -0.25) is 0 Å². The fraction of sp³-hybridized carbons (Fsp3) is 0.250. The Bertz CT molecular complexity index is 990. The van der Waals surface area contributed by atoms with Gasteiger partial charge in [0.25, 0.3) is 0 Å². The Kier molecular flexibility index (Phi) is 6.20. The Morgan fingerprint density at radius 3 is 2.61 bits per heavy atom. The maximum absolute atomic E-state index is 12.5. The molecular formula is C20H19NO6S. The fourth-order valence-corrected chi connectivity index (χ4v) is 3.46. The first-order chi connectivity index (χ1) is 13.5. The van der Waals surface area contributed by atoms with E-state index in [-0.39, 0.29) is 6.61 Å². The van der Waals surface area contributed by atoms with Crippen LogP contribution < -0.4 is 0 Å². The minimum absolute atomic E-state index is 0.0852. The second-order valence-corrected chi connectivity index (χ2v) is 6.98. The molecule has 0 amide bonds. The maximum Gasteiger partial charge on any atom is 0.341 e. The highest BCUT2D eigenvalue weighted by Gasteiger charge is 2.18. The van der Waals surface area contributed by atoms with Gasteiger partial charge < -0.3 is 18.4 Å². The molecule has 0 fully saturated rings. The normalized spacial score (nSPS) is 10.7. The zero-order valence-corrected chi connectivity index (χ0v) is 16.5. The lowest BCUT2D eigenvalue weighted by molar-refractivity contribution is 0.0439. The average Bonchev–Trinajstić information content (AvgIpc) is 3.29. The van der Waals surface area contributed by atoms with Crippen LogP contribution in [0.1, 0.15) is 43.7 Å². The first-order valence-corrected chi connectivity index (χ1v) is 9.45. The lowest BCUT2D eigenvalue weighted by Crippen LogP contribution is -2.06. The summed E-state index contributed by atoms with van der Waals surface area (Å²) in [7, 11) is 1.30. The van der Waals surface area contributed by atoms with Gasteiger partial charge in [0.15, 0.2) is 0 Å². The predicted molar refractivity (Wildman–Crippen MR) is 101 cm³/mol. The van der Waals surface area contributed by atoms with Gasteiger partial charge in [-0.15, -0.1) is 11.8 Å². The predicted octanol–water partition coefficient (Wildman–Crippen LogP) is 4.32. The van der Waals surface area contributed by atoms with Crippen LogP contribution >= 0.6 is 11.8 Å². The van der Waals surface area contributed by atoms with Crippen molar-refractivity contribution < 1.29 is 28.0 Å². The molecule has 0 aliphatic heterocycles. The number of esters is 2. The van der Waals surface area contributed by atoms with Crippen molar-refractivity contribution >= 4 is 23.7 Å². The summed E-state index contributed by atoms with van der Waals surface area (Å²) in [6.45, 7) is 3.39. The monoisotopic (exact) mass is 401 g/mol. The summed E-state index contributed by atoms with van der Waals surface area (Å²) < 4.78 is 20.6. The number of benzene rings is 1. The molecule has 3 rings (SSSR count). The minimum atomic E-state index is -0.497. The standard InChI is InChI=1S/C20H19NO6S/c1-12-8-14(21-27-12)11-28-18-7-5-4-6-16(18)20(23)25-10-15-9-17(13(2)26-15)19(22)24-3/h4-9H,10-11H2,1-3H3. The van der Waals surface area contributed by atoms with Crippen molar-refractivity contribution in [3.8, 4) is 0 Å². The third kappa shape index (κ3) is 4.64. The molecule has 0 aliphatic carbocycles. The second-order valence-electron chi connectivity index (χ2n) is 5.96. The highest BCUT2D eigenvalue weighted by Crippen LogP contribution is 2.27. The van der Waals surface area contributed by atoms with Crippen molar-refractivity contribution in [3.63, 3.8) is 0 Å². The molecule has 0 aliphatic rings. The van der Waals surface area contributed by atoms with Gasteiger partial charge in [0.05, 0.1) is 18.4 Å². The minimum Gasteiger partial charge on any atom is -0.465 e. The molecule has 8 heteroatoms. The Hall–Kier alpha value is -3.00. The highest BCUT2D eigenvalue weighted by molar-refractivity contribution is 7.98. The molecule has 1 aromatic carbocycles. The number of hydrogen-bond acceptors (Lipinski definition) is 8. The zero-order chi connectivity index (χ0) is 20.1. The van der Waals surface area contributed by atoms with Crippen LogP contribution in [-0.4, -0.2) is 24.2 Å². The lowest BCUT2D eigenvalue weighted by atomic mass is 10.2. The molecule has 0 spiro atoms.